The van der Waals surface area contributed by atoms with Gasteiger partial charge in [-0.15, -0.1) is 0 Å². The Labute approximate surface area is 96.9 Å². The molecule has 0 fully saturated rings. The van der Waals surface area contributed by atoms with Gasteiger partial charge in [0.1, 0.15) is 6.20 Å². The molecule has 0 aliphatic carbocycles. The van der Waals surface area contributed by atoms with E-state index in [1.54, 1.807) is 10.7 Å². The lowest BCUT2D eigenvalue weighted by Gasteiger charge is -2.15. The monoisotopic (exact) mass is 245 g/mol. The first-order chi connectivity index (χ1) is 6.59. The average Bonchev–Trinajstić information content (AvgIpc) is 2.15. The first-order valence-corrected chi connectivity index (χ1v) is 5.49. The van der Waals surface area contributed by atoms with Gasteiger partial charge in [-0.3, -0.25) is 34.4 Å². The molecule has 0 saturated heterocycles. The van der Waals surface area contributed by atoms with Crippen LogP contribution in [0.4, 0.5) is 0 Å². The second-order valence-electron chi connectivity index (χ2n) is 3.01. The normalized spacial score (nSPS) is 11.9. The van der Waals surface area contributed by atoms with Crippen molar-refractivity contribution in [1.29, 1.82) is 0 Å². The molecule has 5 heteroatoms. The van der Waals surface area contributed by atoms with E-state index < -0.39 is 4.53 Å². The van der Waals surface area contributed by atoms with Crippen molar-refractivity contribution in [3.05, 3.63) is 42.6 Å². The fraction of sp³-hybridized carbons (Fsp3) is 0. The number of hydrogen-bond acceptors (Lipinski definition) is 0. The van der Waals surface area contributed by atoms with E-state index in [-0.39, 0.29) is 0 Å². The molecule has 1 heterocycles. The van der Waals surface area contributed by atoms with Crippen LogP contribution in [0.3, 0.4) is 0 Å². The third-order valence-electron chi connectivity index (χ3n) is 2.05. The van der Waals surface area contributed by atoms with E-state index in [9.17, 15) is 0 Å². The van der Waals surface area contributed by atoms with Gasteiger partial charge >= 0.3 is 4.53 Å². The summed E-state index contributed by atoms with van der Waals surface area (Å²) in [5.41, 5.74) is 0.926. The molecule has 2 aromatic rings. The molecule has 1 aromatic carbocycles. The number of halogens is 3. The van der Waals surface area contributed by atoms with Crippen LogP contribution in [-0.4, -0.2) is 4.53 Å². The fourth-order valence-corrected chi connectivity index (χ4v) is 1.95. The van der Waals surface area contributed by atoms with Crippen LogP contribution >= 0.6 is 34.4 Å². The number of nitrogens with zero attached hydrogens (tertiary/aromatic N) is 1. The first-order valence-electron chi connectivity index (χ1n) is 4.18. The van der Waals surface area contributed by atoms with Crippen LogP contribution in [0.15, 0.2) is 42.6 Å². The maximum atomic E-state index is 5.89. The fourth-order valence-electron chi connectivity index (χ4n) is 1.44. The zero-order valence-electron chi connectivity index (χ0n) is 7.20. The lowest BCUT2D eigenvalue weighted by Crippen LogP contribution is -2.52. The number of aromatic nitrogens is 1. The molecule has 0 spiro atoms. The van der Waals surface area contributed by atoms with Crippen molar-refractivity contribution >= 4 is 49.8 Å². The van der Waals surface area contributed by atoms with Crippen molar-refractivity contribution < 1.29 is 4.48 Å². The van der Waals surface area contributed by atoms with Gasteiger partial charge in [0.25, 0.3) is 0 Å². The van der Waals surface area contributed by atoms with Crippen molar-refractivity contribution in [2.75, 3.05) is 0 Å². The van der Waals surface area contributed by atoms with Gasteiger partial charge in [-0.2, -0.15) is 0 Å². The minimum absolute atomic E-state index is 0.926. The number of benzene rings is 1. The summed E-state index contributed by atoms with van der Waals surface area (Å²) in [5, 5.41) is 1.06. The molecule has 0 unspecified atom stereocenters. The van der Waals surface area contributed by atoms with Crippen LogP contribution in [-0.2, 0) is 0 Å². The highest BCUT2D eigenvalue weighted by Crippen LogP contribution is 2.18. The topological polar surface area (TPSA) is 3.88 Å². The van der Waals surface area contributed by atoms with Gasteiger partial charge in [0.05, 0.1) is 0 Å². The Hall–Kier alpha value is -0.435. The Morgan fingerprint density at radius 1 is 0.929 bits per heavy atom. The number of fused-ring (bicyclic) bond motifs is 1. The van der Waals surface area contributed by atoms with Crippen LogP contribution < -0.4 is 4.48 Å². The Morgan fingerprint density at radius 3 is 2.29 bits per heavy atom. The number of rotatable bonds is 1. The van der Waals surface area contributed by atoms with Gasteiger partial charge < -0.3 is 4.48 Å². The van der Waals surface area contributed by atoms with Crippen LogP contribution in [0.2, 0.25) is 0 Å². The molecule has 0 aliphatic rings. The van der Waals surface area contributed by atoms with Gasteiger partial charge in [0.2, 0.25) is 0 Å². The van der Waals surface area contributed by atoms with E-state index in [0.717, 1.165) is 10.9 Å². The highest BCUT2D eigenvalue weighted by molar-refractivity contribution is 7.61. The van der Waals surface area contributed by atoms with Gasteiger partial charge in [-0.05, 0) is 18.2 Å². The van der Waals surface area contributed by atoms with Crippen molar-refractivity contribution in [3.8, 4) is 0 Å². The molecule has 0 aliphatic heterocycles. The largest absolute Gasteiger partial charge is 0.534 e. The minimum atomic E-state index is -2.08. The second-order valence-corrected chi connectivity index (χ2v) is 5.58. The SMILES string of the molecule is Cl[B-](Cl)(Cl)[n+]1cccc2ccccc21. The summed E-state index contributed by atoms with van der Waals surface area (Å²) in [4.78, 5) is 0. The van der Waals surface area contributed by atoms with Crippen molar-refractivity contribution in [2.24, 2.45) is 0 Å². The highest BCUT2D eigenvalue weighted by Gasteiger charge is 2.29. The maximum Gasteiger partial charge on any atom is 0.534 e. The molecule has 0 radical (unpaired) electrons. The van der Waals surface area contributed by atoms with Gasteiger partial charge in [0.15, 0.2) is 5.52 Å². The van der Waals surface area contributed by atoms with Crippen LogP contribution in [0.1, 0.15) is 0 Å². The van der Waals surface area contributed by atoms with Crippen LogP contribution in [0.25, 0.3) is 10.9 Å². The summed E-state index contributed by atoms with van der Waals surface area (Å²) in [6.45, 7) is 0. The number of hydrogen-bond donors (Lipinski definition) is 0. The van der Waals surface area contributed by atoms with E-state index in [2.05, 4.69) is 0 Å². The standard InChI is InChI=1S/C9H7BCl3N/c11-10(12,13)14-7-3-5-8-4-1-2-6-9(8)14/h1-7H. The summed E-state index contributed by atoms with van der Waals surface area (Å²) in [5.74, 6) is 0. The average molecular weight is 246 g/mol. The second kappa shape index (κ2) is 3.61. The first kappa shape index (κ1) is 10.1. The molecule has 1 aromatic heterocycles. The van der Waals surface area contributed by atoms with E-state index >= 15 is 0 Å². The zero-order valence-corrected chi connectivity index (χ0v) is 9.47. The third-order valence-corrected chi connectivity index (χ3v) is 2.68. The molecular formula is C9H7BCl3N. The third kappa shape index (κ3) is 1.83. The summed E-state index contributed by atoms with van der Waals surface area (Å²) in [6, 6.07) is 11.6. The van der Waals surface area contributed by atoms with Crippen molar-refractivity contribution in [1.82, 2.24) is 0 Å². The van der Waals surface area contributed by atoms with E-state index in [0.29, 0.717) is 0 Å². The Bertz CT molecular complexity index is 462. The van der Waals surface area contributed by atoms with Gasteiger partial charge in [-0.25, -0.2) is 0 Å². The molecule has 0 amide bonds. The van der Waals surface area contributed by atoms with Crippen LogP contribution in [0.5, 0.6) is 0 Å². The number of pyridine rings is 1. The van der Waals surface area contributed by atoms with Crippen LogP contribution in [0, 0.1) is 0 Å². The van der Waals surface area contributed by atoms with Gasteiger partial charge in [-0.1, -0.05) is 12.1 Å². The van der Waals surface area contributed by atoms with E-state index in [4.69, 9.17) is 34.4 Å². The molecule has 72 valence electrons. The zero-order chi connectivity index (χ0) is 10.2. The lowest BCUT2D eigenvalue weighted by molar-refractivity contribution is -0.502. The maximum absolute atomic E-state index is 5.89. The summed E-state index contributed by atoms with van der Waals surface area (Å²) in [6.07, 6.45) is 1.77. The Balaban J connectivity index is 2.78. The van der Waals surface area contributed by atoms with Crippen molar-refractivity contribution in [3.63, 3.8) is 0 Å². The van der Waals surface area contributed by atoms with Crippen molar-refractivity contribution in [2.45, 2.75) is 0 Å². The van der Waals surface area contributed by atoms with E-state index in [1.165, 1.54) is 0 Å². The predicted molar refractivity (Wildman–Crippen MR) is 62.9 cm³/mol. The molecule has 1 nitrogen and oxygen atoms in total. The molecule has 2 rings (SSSR count). The summed E-state index contributed by atoms with van der Waals surface area (Å²) in [7, 11) is 0. The number of para-hydroxylation sites is 1. The molecule has 0 N–H and O–H groups in total. The molecule has 0 saturated carbocycles. The highest BCUT2D eigenvalue weighted by atomic mass is 35.6. The quantitative estimate of drug-likeness (QED) is 0.681. The lowest BCUT2D eigenvalue weighted by atomic mass is 10.1. The minimum Gasteiger partial charge on any atom is -0.378 e. The smallest absolute Gasteiger partial charge is 0.378 e. The summed E-state index contributed by atoms with van der Waals surface area (Å²) < 4.78 is -0.416. The molecule has 14 heavy (non-hydrogen) atoms. The summed E-state index contributed by atoms with van der Waals surface area (Å²) >= 11 is 17.7. The van der Waals surface area contributed by atoms with E-state index in [1.807, 2.05) is 36.4 Å². The Kier molecular flexibility index (Phi) is 2.61. The molecular weight excluding hydrogens is 239 g/mol. The predicted octanol–water partition coefficient (Wildman–Crippen LogP) is 3.13. The molecule has 0 bridgehead atoms. The van der Waals surface area contributed by atoms with Gasteiger partial charge in [0, 0.05) is 11.5 Å². The Morgan fingerprint density at radius 2 is 1.57 bits per heavy atom. The molecule has 0 atom stereocenters.